The van der Waals surface area contributed by atoms with Gasteiger partial charge < -0.3 is 25.3 Å². The molecule has 1 aromatic heterocycles. The Kier molecular flexibility index (Phi) is 8.68. The molecule has 1 aliphatic heterocycles. The molecule has 10 heteroatoms. The number of nitrogens with two attached hydrogens (primary N) is 1. The van der Waals surface area contributed by atoms with E-state index in [9.17, 15) is 9.18 Å². The van der Waals surface area contributed by atoms with Crippen molar-refractivity contribution in [3.05, 3.63) is 48.3 Å². The smallest absolute Gasteiger partial charge is 0.409 e. The number of ether oxygens (including phenoxy) is 1. The van der Waals surface area contributed by atoms with Crippen molar-refractivity contribution in [3.63, 3.8) is 0 Å². The molecule has 1 aliphatic rings. The summed E-state index contributed by atoms with van der Waals surface area (Å²) in [5, 5.41) is 3.17. The fraction of sp³-hybridized carbons (Fsp3) is 0.421. The highest BCUT2D eigenvalue weighted by Crippen LogP contribution is 2.16. The third-order valence-corrected chi connectivity index (χ3v) is 4.60. The summed E-state index contributed by atoms with van der Waals surface area (Å²) in [4.78, 5) is 21.6. The highest BCUT2D eigenvalue weighted by Gasteiger charge is 2.23. The van der Waals surface area contributed by atoms with E-state index in [2.05, 4.69) is 15.3 Å². The van der Waals surface area contributed by atoms with E-state index >= 15 is 0 Å². The van der Waals surface area contributed by atoms with Crippen LogP contribution in [0.1, 0.15) is 25.3 Å². The number of benzene rings is 1. The zero-order valence-electron chi connectivity index (χ0n) is 16.3. The van der Waals surface area contributed by atoms with Gasteiger partial charge in [-0.25, -0.2) is 19.2 Å². The SMILES string of the molecule is CCOC(=O)N1CCC(NC(N)=NCc2ccc(-n3ccnc3)c(F)c2)CC1.I. The predicted octanol–water partition coefficient (Wildman–Crippen LogP) is 2.65. The van der Waals surface area contributed by atoms with E-state index in [4.69, 9.17) is 10.5 Å². The van der Waals surface area contributed by atoms with Gasteiger partial charge in [0.05, 0.1) is 25.2 Å². The van der Waals surface area contributed by atoms with Gasteiger partial charge in [0.15, 0.2) is 5.96 Å². The molecule has 2 aromatic rings. The first kappa shape index (κ1) is 22.9. The van der Waals surface area contributed by atoms with Gasteiger partial charge >= 0.3 is 6.09 Å². The van der Waals surface area contributed by atoms with Gasteiger partial charge in [-0.3, -0.25) is 0 Å². The maximum atomic E-state index is 14.3. The minimum Gasteiger partial charge on any atom is -0.450 e. The Morgan fingerprint density at radius 2 is 2.17 bits per heavy atom. The van der Waals surface area contributed by atoms with Crippen LogP contribution < -0.4 is 11.1 Å². The lowest BCUT2D eigenvalue weighted by Gasteiger charge is -2.31. The lowest BCUT2D eigenvalue weighted by molar-refractivity contribution is 0.0963. The van der Waals surface area contributed by atoms with Gasteiger partial charge in [-0.15, -0.1) is 24.0 Å². The number of rotatable bonds is 5. The molecule has 0 radical (unpaired) electrons. The molecule has 0 aliphatic carbocycles. The summed E-state index contributed by atoms with van der Waals surface area (Å²) in [6.45, 7) is 3.68. The summed E-state index contributed by atoms with van der Waals surface area (Å²) in [5.74, 6) is -0.0303. The number of likely N-dealkylation sites (tertiary alicyclic amines) is 1. The fourth-order valence-electron chi connectivity index (χ4n) is 3.11. The fourth-order valence-corrected chi connectivity index (χ4v) is 3.11. The number of guanidine groups is 1. The average molecular weight is 516 g/mol. The summed E-state index contributed by atoms with van der Waals surface area (Å²) in [6.07, 6.45) is 6.09. The Morgan fingerprint density at radius 3 is 2.79 bits per heavy atom. The molecule has 0 atom stereocenters. The van der Waals surface area contributed by atoms with Crippen molar-refractivity contribution in [3.8, 4) is 5.69 Å². The van der Waals surface area contributed by atoms with Crippen LogP contribution in [0.4, 0.5) is 9.18 Å². The van der Waals surface area contributed by atoms with Crippen molar-refractivity contribution in [2.45, 2.75) is 32.4 Å². The zero-order valence-corrected chi connectivity index (χ0v) is 18.6. The molecule has 29 heavy (non-hydrogen) atoms. The van der Waals surface area contributed by atoms with Crippen molar-refractivity contribution < 1.29 is 13.9 Å². The van der Waals surface area contributed by atoms with Crippen molar-refractivity contribution in [2.24, 2.45) is 10.7 Å². The number of carbonyl (C=O) groups excluding carboxylic acids is 1. The summed E-state index contributed by atoms with van der Waals surface area (Å²) in [6, 6.07) is 5.10. The third kappa shape index (κ3) is 6.31. The molecule has 158 valence electrons. The van der Waals surface area contributed by atoms with Crippen molar-refractivity contribution in [2.75, 3.05) is 19.7 Å². The quantitative estimate of drug-likeness (QED) is 0.362. The lowest BCUT2D eigenvalue weighted by atomic mass is 10.1. The van der Waals surface area contributed by atoms with Crippen LogP contribution in [-0.2, 0) is 11.3 Å². The van der Waals surface area contributed by atoms with Crippen LogP contribution in [0.5, 0.6) is 0 Å². The van der Waals surface area contributed by atoms with Gasteiger partial charge in [0, 0.05) is 31.5 Å². The molecule has 3 rings (SSSR count). The number of nitrogens with one attached hydrogen (secondary N) is 1. The van der Waals surface area contributed by atoms with Crippen molar-refractivity contribution in [1.29, 1.82) is 0 Å². The molecule has 8 nitrogen and oxygen atoms in total. The maximum absolute atomic E-state index is 14.3. The van der Waals surface area contributed by atoms with Gasteiger partial charge in [0.2, 0.25) is 0 Å². The van der Waals surface area contributed by atoms with Crippen LogP contribution in [0.2, 0.25) is 0 Å². The second-order valence-electron chi connectivity index (χ2n) is 6.56. The number of imidazole rings is 1. The number of nitrogens with zero attached hydrogens (tertiary/aromatic N) is 4. The van der Waals surface area contributed by atoms with E-state index in [1.54, 1.807) is 41.2 Å². The Labute approximate surface area is 186 Å². The van der Waals surface area contributed by atoms with E-state index in [1.165, 1.54) is 6.07 Å². The molecule has 1 amide bonds. The van der Waals surface area contributed by atoms with Crippen LogP contribution in [0.15, 0.2) is 41.9 Å². The second-order valence-corrected chi connectivity index (χ2v) is 6.56. The topological polar surface area (TPSA) is 97.8 Å². The molecule has 0 spiro atoms. The third-order valence-electron chi connectivity index (χ3n) is 4.60. The standard InChI is InChI=1S/C19H25FN6O2.HI/c1-2-28-19(27)25-8-5-15(6-9-25)24-18(21)23-12-14-3-4-17(16(20)11-14)26-10-7-22-13-26;/h3-4,7,10-11,13,15H,2,5-6,8-9,12H2,1H3,(H3,21,23,24);1H. The highest BCUT2D eigenvalue weighted by molar-refractivity contribution is 14.0. The van der Waals surface area contributed by atoms with E-state index in [0.717, 1.165) is 18.4 Å². The Bertz CT molecular complexity index is 822. The first-order valence-electron chi connectivity index (χ1n) is 9.31. The number of hydrogen-bond donors (Lipinski definition) is 2. The van der Waals surface area contributed by atoms with Crippen LogP contribution in [0, 0.1) is 5.82 Å². The molecule has 2 heterocycles. The summed E-state index contributed by atoms with van der Waals surface area (Å²) in [7, 11) is 0. The molecule has 0 saturated carbocycles. The second kappa shape index (κ2) is 11.0. The van der Waals surface area contributed by atoms with E-state index in [-0.39, 0.29) is 48.5 Å². The van der Waals surface area contributed by atoms with Crippen LogP contribution >= 0.6 is 24.0 Å². The minimum absolute atomic E-state index is 0. The first-order chi connectivity index (χ1) is 13.6. The lowest BCUT2D eigenvalue weighted by Crippen LogP contribution is -2.48. The van der Waals surface area contributed by atoms with Crippen molar-refractivity contribution in [1.82, 2.24) is 19.8 Å². The number of aromatic nitrogens is 2. The Morgan fingerprint density at radius 1 is 1.41 bits per heavy atom. The molecule has 0 unspecified atom stereocenters. The monoisotopic (exact) mass is 516 g/mol. The number of piperidine rings is 1. The van der Waals surface area contributed by atoms with Crippen LogP contribution in [-0.4, -0.2) is 52.2 Å². The van der Waals surface area contributed by atoms with E-state index < -0.39 is 0 Å². The molecule has 1 fully saturated rings. The van der Waals surface area contributed by atoms with Gasteiger partial charge in [0.1, 0.15) is 5.82 Å². The maximum Gasteiger partial charge on any atom is 0.409 e. The molecule has 0 bridgehead atoms. The van der Waals surface area contributed by atoms with Crippen molar-refractivity contribution >= 4 is 36.0 Å². The highest BCUT2D eigenvalue weighted by atomic mass is 127. The van der Waals surface area contributed by atoms with Gasteiger partial charge in [-0.1, -0.05) is 6.07 Å². The summed E-state index contributed by atoms with van der Waals surface area (Å²) >= 11 is 0. The normalized spacial score (nSPS) is 15.0. The van der Waals surface area contributed by atoms with Crippen LogP contribution in [0.25, 0.3) is 5.69 Å². The number of halogens is 2. The Hall–Kier alpha value is -2.37. The summed E-state index contributed by atoms with van der Waals surface area (Å²) < 4.78 is 20.9. The zero-order chi connectivity index (χ0) is 19.9. The average Bonchev–Trinajstić information content (AvgIpc) is 3.22. The number of aliphatic imine (C=N–C) groups is 1. The molecule has 1 saturated heterocycles. The largest absolute Gasteiger partial charge is 0.450 e. The number of amides is 1. The summed E-state index contributed by atoms with van der Waals surface area (Å²) in [5.41, 5.74) is 7.13. The predicted molar refractivity (Wildman–Crippen MR) is 119 cm³/mol. The van der Waals surface area contributed by atoms with Crippen LogP contribution in [0.3, 0.4) is 0 Å². The first-order valence-corrected chi connectivity index (χ1v) is 9.31. The molecule has 1 aromatic carbocycles. The van der Waals surface area contributed by atoms with E-state index in [0.29, 0.717) is 31.3 Å². The molecular weight excluding hydrogens is 490 g/mol. The minimum atomic E-state index is -0.344. The number of hydrogen-bond acceptors (Lipinski definition) is 4. The van der Waals surface area contributed by atoms with E-state index in [1.807, 2.05) is 6.07 Å². The molecular formula is C19H26FIN6O2. The van der Waals surface area contributed by atoms with Gasteiger partial charge in [-0.2, -0.15) is 0 Å². The van der Waals surface area contributed by atoms with Gasteiger partial charge in [-0.05, 0) is 37.5 Å². The molecule has 3 N–H and O–H groups in total. The van der Waals surface area contributed by atoms with Gasteiger partial charge in [0.25, 0.3) is 0 Å². The number of carbonyl (C=O) groups is 1. The Balaban J connectivity index is 0.00000300.